The van der Waals surface area contributed by atoms with Gasteiger partial charge in [-0.1, -0.05) is 82.0 Å². The fraction of sp³-hybridized carbons (Fsp3) is 0.571. The molecule has 0 aliphatic carbocycles. The molecule has 238 valence electrons. The fourth-order valence-electron chi connectivity index (χ4n) is 5.01. The molecule has 2 aromatic rings. The van der Waals surface area contributed by atoms with Gasteiger partial charge >= 0.3 is 6.09 Å². The van der Waals surface area contributed by atoms with Crippen LogP contribution in [-0.2, 0) is 20.7 Å². The van der Waals surface area contributed by atoms with E-state index in [9.17, 15) is 14.4 Å². The summed E-state index contributed by atoms with van der Waals surface area (Å²) in [4.78, 5) is 43.3. The molecular formula is C35H53N3O4S. The number of alkyl carbamates (subject to hydrolysis) is 1. The second-order valence-electron chi connectivity index (χ2n) is 12.2. The largest absolute Gasteiger partial charge is 0.444 e. The number of unbranched alkanes of at least 4 members (excludes halogenated alkanes) is 4. The molecule has 8 heteroatoms. The number of hydrogen-bond donors (Lipinski definition) is 2. The Labute approximate surface area is 263 Å². The smallest absolute Gasteiger partial charge is 0.408 e. The monoisotopic (exact) mass is 611 g/mol. The molecule has 0 spiro atoms. The minimum absolute atomic E-state index is 0.274. The number of amides is 3. The van der Waals surface area contributed by atoms with Crippen LogP contribution in [0.5, 0.6) is 0 Å². The van der Waals surface area contributed by atoms with Crippen molar-refractivity contribution in [2.75, 3.05) is 23.9 Å². The lowest BCUT2D eigenvalue weighted by atomic mass is 9.99. The third-order valence-corrected chi connectivity index (χ3v) is 8.02. The second kappa shape index (κ2) is 18.0. The van der Waals surface area contributed by atoms with Gasteiger partial charge in [0.25, 0.3) is 5.91 Å². The van der Waals surface area contributed by atoms with E-state index in [1.165, 1.54) is 0 Å². The van der Waals surface area contributed by atoms with Gasteiger partial charge in [-0.25, -0.2) is 4.79 Å². The molecule has 0 aliphatic heterocycles. The van der Waals surface area contributed by atoms with E-state index in [0.717, 1.165) is 66.5 Å². The SMILES string of the molecule is CCCCCCCN(C(=O)C(CCSC)NC(=O)OC(C)(C)C)C(C(=O)Nc1c(C)cccc1C)c1ccc(CC)cc1. The van der Waals surface area contributed by atoms with Gasteiger partial charge in [0.2, 0.25) is 5.91 Å². The third kappa shape index (κ3) is 11.9. The first-order valence-corrected chi connectivity index (χ1v) is 17.1. The Morgan fingerprint density at radius 1 is 0.930 bits per heavy atom. The Hall–Kier alpha value is -3.00. The molecule has 7 nitrogen and oxygen atoms in total. The van der Waals surface area contributed by atoms with Crippen LogP contribution in [0, 0.1) is 13.8 Å². The predicted molar refractivity (Wildman–Crippen MR) is 180 cm³/mol. The summed E-state index contributed by atoms with van der Waals surface area (Å²) in [7, 11) is 0. The standard InChI is InChI=1S/C35H53N3O4S/c1-9-11-12-13-14-23-38(33(40)29(22-24-43-8)36-34(41)42-35(5,6)7)31(28-20-18-27(10-2)19-21-28)32(39)37-30-25(3)16-15-17-26(30)4/h15-21,29,31H,9-14,22-24H2,1-8H3,(H,36,41)(H,37,39). The fourth-order valence-corrected chi connectivity index (χ4v) is 5.48. The highest BCUT2D eigenvalue weighted by Gasteiger charge is 2.36. The minimum Gasteiger partial charge on any atom is -0.444 e. The molecule has 2 atom stereocenters. The molecule has 2 rings (SSSR count). The van der Waals surface area contributed by atoms with Crippen molar-refractivity contribution in [2.45, 2.75) is 111 Å². The number of carbonyl (C=O) groups excluding carboxylic acids is 3. The van der Waals surface area contributed by atoms with Crippen LogP contribution in [0.15, 0.2) is 42.5 Å². The van der Waals surface area contributed by atoms with E-state index in [-0.39, 0.29) is 11.8 Å². The Balaban J connectivity index is 2.57. The highest BCUT2D eigenvalue weighted by molar-refractivity contribution is 7.98. The number of para-hydroxylation sites is 1. The minimum atomic E-state index is -0.874. The Morgan fingerprint density at radius 3 is 2.12 bits per heavy atom. The van der Waals surface area contributed by atoms with Gasteiger partial charge in [-0.2, -0.15) is 11.8 Å². The molecule has 2 N–H and O–H groups in total. The van der Waals surface area contributed by atoms with Gasteiger partial charge < -0.3 is 20.3 Å². The normalized spacial score (nSPS) is 12.7. The van der Waals surface area contributed by atoms with E-state index in [1.807, 2.05) is 62.6 Å². The number of anilines is 1. The van der Waals surface area contributed by atoms with Crippen molar-refractivity contribution in [3.63, 3.8) is 0 Å². The summed E-state index contributed by atoms with van der Waals surface area (Å²) < 4.78 is 5.52. The van der Waals surface area contributed by atoms with Crippen LogP contribution >= 0.6 is 11.8 Å². The molecule has 0 aromatic heterocycles. The lowest BCUT2D eigenvalue weighted by Crippen LogP contribution is -2.52. The van der Waals surface area contributed by atoms with Gasteiger partial charge in [0, 0.05) is 12.2 Å². The first-order valence-electron chi connectivity index (χ1n) is 15.7. The lowest BCUT2D eigenvalue weighted by Gasteiger charge is -2.35. The summed E-state index contributed by atoms with van der Waals surface area (Å²) in [5.74, 6) is 0.113. The molecule has 2 unspecified atom stereocenters. The number of nitrogens with zero attached hydrogens (tertiary/aromatic N) is 1. The van der Waals surface area contributed by atoms with Crippen LogP contribution in [0.1, 0.15) is 101 Å². The van der Waals surface area contributed by atoms with Crippen LogP contribution in [0.25, 0.3) is 0 Å². The molecule has 0 radical (unpaired) electrons. The molecule has 0 bridgehead atoms. The molecule has 2 aromatic carbocycles. The molecule has 3 amide bonds. The number of nitrogens with one attached hydrogen (secondary N) is 2. The summed E-state index contributed by atoms with van der Waals surface area (Å²) in [6.07, 6.45) is 7.63. The van der Waals surface area contributed by atoms with E-state index in [1.54, 1.807) is 37.4 Å². The molecule has 0 fully saturated rings. The molecule has 0 heterocycles. The Kier molecular flexibility index (Phi) is 15.1. The molecule has 0 aliphatic rings. The number of hydrogen-bond acceptors (Lipinski definition) is 5. The van der Waals surface area contributed by atoms with Crippen molar-refractivity contribution in [1.29, 1.82) is 0 Å². The molecular weight excluding hydrogens is 558 g/mol. The van der Waals surface area contributed by atoms with E-state index in [2.05, 4.69) is 24.5 Å². The Bertz CT molecular complexity index is 1160. The number of benzene rings is 2. The van der Waals surface area contributed by atoms with Crippen molar-refractivity contribution in [1.82, 2.24) is 10.2 Å². The van der Waals surface area contributed by atoms with Gasteiger partial charge in [0.05, 0.1) is 0 Å². The maximum absolute atomic E-state index is 14.5. The predicted octanol–water partition coefficient (Wildman–Crippen LogP) is 7.99. The van der Waals surface area contributed by atoms with Gasteiger partial charge in [-0.15, -0.1) is 0 Å². The van der Waals surface area contributed by atoms with Crippen molar-refractivity contribution in [3.05, 3.63) is 64.7 Å². The second-order valence-corrected chi connectivity index (χ2v) is 13.2. The van der Waals surface area contributed by atoms with Crippen molar-refractivity contribution < 1.29 is 19.1 Å². The summed E-state index contributed by atoms with van der Waals surface area (Å²) in [5, 5.41) is 5.99. The van der Waals surface area contributed by atoms with Gasteiger partial charge in [-0.3, -0.25) is 9.59 Å². The number of ether oxygens (including phenoxy) is 1. The first kappa shape index (κ1) is 36.2. The van der Waals surface area contributed by atoms with Crippen LogP contribution in [0.3, 0.4) is 0 Å². The topological polar surface area (TPSA) is 87.7 Å². The highest BCUT2D eigenvalue weighted by atomic mass is 32.2. The zero-order valence-corrected chi connectivity index (χ0v) is 28.4. The van der Waals surface area contributed by atoms with Crippen molar-refractivity contribution >= 4 is 35.4 Å². The van der Waals surface area contributed by atoms with Crippen LogP contribution < -0.4 is 10.6 Å². The van der Waals surface area contributed by atoms with Gasteiger partial charge in [-0.05, 0) is 88.1 Å². The van der Waals surface area contributed by atoms with E-state index >= 15 is 0 Å². The van der Waals surface area contributed by atoms with Gasteiger partial charge in [0.15, 0.2) is 0 Å². The van der Waals surface area contributed by atoms with E-state index in [0.29, 0.717) is 18.7 Å². The number of thioether (sulfide) groups is 1. The van der Waals surface area contributed by atoms with Crippen LogP contribution in [-0.4, -0.2) is 53.0 Å². The molecule has 43 heavy (non-hydrogen) atoms. The quantitative estimate of drug-likeness (QED) is 0.188. The summed E-state index contributed by atoms with van der Waals surface area (Å²) >= 11 is 1.60. The zero-order valence-electron chi connectivity index (χ0n) is 27.5. The van der Waals surface area contributed by atoms with Crippen molar-refractivity contribution in [2.24, 2.45) is 0 Å². The lowest BCUT2D eigenvalue weighted by molar-refractivity contribution is -0.141. The summed E-state index contributed by atoms with van der Waals surface area (Å²) in [6.45, 7) is 14.0. The van der Waals surface area contributed by atoms with Crippen LogP contribution in [0.2, 0.25) is 0 Å². The third-order valence-electron chi connectivity index (χ3n) is 7.38. The highest BCUT2D eigenvalue weighted by Crippen LogP contribution is 2.28. The average molecular weight is 612 g/mol. The molecule has 0 saturated heterocycles. The maximum Gasteiger partial charge on any atom is 0.408 e. The number of carbonyl (C=O) groups is 3. The average Bonchev–Trinajstić information content (AvgIpc) is 2.95. The van der Waals surface area contributed by atoms with Crippen LogP contribution in [0.4, 0.5) is 10.5 Å². The molecule has 0 saturated carbocycles. The number of aryl methyl sites for hydroxylation is 3. The van der Waals surface area contributed by atoms with Gasteiger partial charge in [0.1, 0.15) is 17.7 Å². The van der Waals surface area contributed by atoms with E-state index < -0.39 is 23.8 Å². The Morgan fingerprint density at radius 2 is 1.56 bits per heavy atom. The van der Waals surface area contributed by atoms with E-state index in [4.69, 9.17) is 4.74 Å². The zero-order chi connectivity index (χ0) is 32.0. The number of rotatable bonds is 16. The summed E-state index contributed by atoms with van der Waals surface area (Å²) in [5.41, 5.74) is 3.85. The summed E-state index contributed by atoms with van der Waals surface area (Å²) in [6, 6.07) is 12.1. The maximum atomic E-state index is 14.5. The van der Waals surface area contributed by atoms with Crippen molar-refractivity contribution in [3.8, 4) is 0 Å². The first-order chi connectivity index (χ1) is 20.4.